The lowest BCUT2D eigenvalue weighted by Gasteiger charge is -2.48. The molecule has 1 saturated heterocycles. The number of sulfonamides is 1. The fourth-order valence-electron chi connectivity index (χ4n) is 4.09. The van der Waals surface area contributed by atoms with Crippen LogP contribution in [0, 0.1) is 6.92 Å². The standard InChI is InChI=1S/C24H24N2O4S/c1-16-7-11-18(12-8-16)23-22(20-5-3-4-6-21(20)31(25,28)29)24(27)26(23)15-17-9-13-19(30-2)14-10-17/h3-14,22-23H,15H2,1-2H3,(H2,25,28,29)/t22-,23-/m0/s1. The maximum atomic E-state index is 13.3. The number of rotatable bonds is 6. The summed E-state index contributed by atoms with van der Waals surface area (Å²) in [5.74, 6) is 0.00157. The zero-order valence-corrected chi connectivity index (χ0v) is 18.2. The lowest BCUT2D eigenvalue weighted by Crippen LogP contribution is -2.53. The SMILES string of the molecule is COc1ccc(CN2C(=O)[C@@H](c3ccccc3S(N)(=O)=O)[C@@H]2c2ccc(C)cc2)cc1. The first kappa shape index (κ1) is 21.1. The van der Waals surface area contributed by atoms with Crippen LogP contribution in [-0.2, 0) is 21.4 Å². The lowest BCUT2D eigenvalue weighted by atomic mass is 9.77. The summed E-state index contributed by atoms with van der Waals surface area (Å²) >= 11 is 0. The van der Waals surface area contributed by atoms with E-state index in [1.54, 1.807) is 30.2 Å². The van der Waals surface area contributed by atoms with Gasteiger partial charge < -0.3 is 9.64 Å². The van der Waals surface area contributed by atoms with Gasteiger partial charge in [0.25, 0.3) is 0 Å². The van der Waals surface area contributed by atoms with E-state index in [-0.39, 0.29) is 16.8 Å². The Morgan fingerprint density at radius 2 is 1.61 bits per heavy atom. The van der Waals surface area contributed by atoms with E-state index in [2.05, 4.69) is 0 Å². The van der Waals surface area contributed by atoms with Gasteiger partial charge in [-0.25, -0.2) is 13.6 Å². The van der Waals surface area contributed by atoms with Gasteiger partial charge in [-0.2, -0.15) is 0 Å². The zero-order valence-electron chi connectivity index (χ0n) is 17.4. The van der Waals surface area contributed by atoms with Crippen LogP contribution >= 0.6 is 0 Å². The molecule has 0 aliphatic carbocycles. The number of nitrogens with zero attached hydrogens (tertiary/aromatic N) is 1. The van der Waals surface area contributed by atoms with Crippen LogP contribution in [0.25, 0.3) is 0 Å². The van der Waals surface area contributed by atoms with E-state index in [0.717, 1.165) is 22.4 Å². The van der Waals surface area contributed by atoms with Crippen molar-refractivity contribution in [1.29, 1.82) is 0 Å². The zero-order chi connectivity index (χ0) is 22.2. The van der Waals surface area contributed by atoms with Crippen molar-refractivity contribution in [2.45, 2.75) is 30.3 Å². The Bertz CT molecular complexity index is 1210. The largest absolute Gasteiger partial charge is 0.497 e. The summed E-state index contributed by atoms with van der Waals surface area (Å²) in [5.41, 5.74) is 3.46. The highest BCUT2D eigenvalue weighted by molar-refractivity contribution is 7.89. The Hall–Kier alpha value is -3.16. The highest BCUT2D eigenvalue weighted by Gasteiger charge is 2.50. The van der Waals surface area contributed by atoms with E-state index in [9.17, 15) is 13.2 Å². The molecule has 2 N–H and O–H groups in total. The van der Waals surface area contributed by atoms with Crippen LogP contribution < -0.4 is 9.88 Å². The minimum atomic E-state index is -3.96. The van der Waals surface area contributed by atoms with Gasteiger partial charge in [0.15, 0.2) is 0 Å². The van der Waals surface area contributed by atoms with Crippen LogP contribution in [0.3, 0.4) is 0 Å². The minimum absolute atomic E-state index is 0.00504. The summed E-state index contributed by atoms with van der Waals surface area (Å²) in [4.78, 5) is 15.1. The van der Waals surface area contributed by atoms with Crippen molar-refractivity contribution in [3.8, 4) is 5.75 Å². The Kier molecular flexibility index (Phi) is 5.56. The molecule has 0 saturated carbocycles. The van der Waals surface area contributed by atoms with Gasteiger partial charge in [0.05, 0.1) is 24.0 Å². The van der Waals surface area contributed by atoms with Gasteiger partial charge >= 0.3 is 0 Å². The third kappa shape index (κ3) is 4.06. The number of methoxy groups -OCH3 is 1. The van der Waals surface area contributed by atoms with Crippen LogP contribution in [0.5, 0.6) is 5.75 Å². The van der Waals surface area contributed by atoms with Crippen molar-refractivity contribution in [2.75, 3.05) is 7.11 Å². The number of primary sulfonamides is 1. The first-order valence-electron chi connectivity index (χ1n) is 9.91. The minimum Gasteiger partial charge on any atom is -0.497 e. The number of hydrogen-bond donors (Lipinski definition) is 1. The number of carbonyl (C=O) groups is 1. The van der Waals surface area contributed by atoms with E-state index < -0.39 is 15.9 Å². The van der Waals surface area contributed by atoms with Crippen LogP contribution in [0.15, 0.2) is 77.7 Å². The Labute approximate surface area is 182 Å². The van der Waals surface area contributed by atoms with Crippen molar-refractivity contribution in [3.05, 3.63) is 95.1 Å². The molecule has 0 aromatic heterocycles. The molecule has 0 spiro atoms. The molecule has 1 heterocycles. The van der Waals surface area contributed by atoms with Crippen LogP contribution in [-0.4, -0.2) is 26.3 Å². The smallest absolute Gasteiger partial charge is 0.238 e. The predicted molar refractivity (Wildman–Crippen MR) is 118 cm³/mol. The first-order chi connectivity index (χ1) is 14.8. The third-order valence-corrected chi connectivity index (χ3v) is 6.68. The summed E-state index contributed by atoms with van der Waals surface area (Å²) in [7, 11) is -2.35. The molecule has 4 rings (SSSR count). The second-order valence-corrected chi connectivity index (χ2v) is 9.26. The third-order valence-electron chi connectivity index (χ3n) is 5.69. The molecule has 1 aliphatic heterocycles. The molecule has 2 atom stereocenters. The Morgan fingerprint density at radius 1 is 0.968 bits per heavy atom. The van der Waals surface area contributed by atoms with E-state index >= 15 is 0 Å². The molecule has 1 fully saturated rings. The molecule has 0 bridgehead atoms. The number of benzene rings is 3. The summed E-state index contributed by atoms with van der Waals surface area (Å²) in [6.45, 7) is 2.41. The summed E-state index contributed by atoms with van der Waals surface area (Å²) < 4.78 is 29.5. The molecule has 0 radical (unpaired) electrons. The van der Waals surface area contributed by atoms with Crippen LogP contribution in [0.2, 0.25) is 0 Å². The normalized spacial score (nSPS) is 18.5. The Balaban J connectivity index is 1.74. The molecular weight excluding hydrogens is 412 g/mol. The average Bonchev–Trinajstić information content (AvgIpc) is 2.76. The number of amides is 1. The van der Waals surface area contributed by atoms with Gasteiger partial charge in [0, 0.05) is 6.54 Å². The van der Waals surface area contributed by atoms with Gasteiger partial charge in [0.1, 0.15) is 5.75 Å². The van der Waals surface area contributed by atoms with E-state index in [0.29, 0.717) is 12.1 Å². The maximum absolute atomic E-state index is 13.3. The summed E-state index contributed by atoms with van der Waals surface area (Å²) in [6.07, 6.45) is 0. The van der Waals surface area contributed by atoms with Gasteiger partial charge in [-0.3, -0.25) is 4.79 Å². The molecule has 3 aromatic rings. The van der Waals surface area contributed by atoms with E-state index in [1.165, 1.54) is 6.07 Å². The van der Waals surface area contributed by atoms with Crippen molar-refractivity contribution in [1.82, 2.24) is 4.90 Å². The molecule has 1 aliphatic rings. The van der Waals surface area contributed by atoms with Crippen molar-refractivity contribution >= 4 is 15.9 Å². The molecular formula is C24H24N2O4S. The number of likely N-dealkylation sites (tertiary alicyclic amines) is 1. The van der Waals surface area contributed by atoms with Crippen LogP contribution in [0.1, 0.15) is 34.2 Å². The monoisotopic (exact) mass is 436 g/mol. The van der Waals surface area contributed by atoms with Gasteiger partial charge in [-0.05, 0) is 41.8 Å². The molecule has 1 amide bonds. The predicted octanol–water partition coefficient (Wildman–Crippen LogP) is 3.52. The fraction of sp³-hybridized carbons (Fsp3) is 0.208. The van der Waals surface area contributed by atoms with Crippen molar-refractivity contribution in [2.24, 2.45) is 5.14 Å². The van der Waals surface area contributed by atoms with Gasteiger partial charge in [-0.15, -0.1) is 0 Å². The van der Waals surface area contributed by atoms with Gasteiger partial charge in [-0.1, -0.05) is 60.2 Å². The van der Waals surface area contributed by atoms with Gasteiger partial charge in [0.2, 0.25) is 15.9 Å². The number of aryl methyl sites for hydroxylation is 1. The lowest BCUT2D eigenvalue weighted by molar-refractivity contribution is -0.151. The van der Waals surface area contributed by atoms with Crippen LogP contribution in [0.4, 0.5) is 0 Å². The maximum Gasteiger partial charge on any atom is 0.238 e. The van der Waals surface area contributed by atoms with Crippen molar-refractivity contribution in [3.63, 3.8) is 0 Å². The number of β-lactam (4-membered cyclic amide) rings is 1. The molecule has 31 heavy (non-hydrogen) atoms. The highest BCUT2D eigenvalue weighted by atomic mass is 32.2. The molecule has 160 valence electrons. The molecule has 3 aromatic carbocycles. The number of nitrogens with two attached hydrogens (primary N) is 1. The second-order valence-electron chi connectivity index (χ2n) is 7.73. The first-order valence-corrected chi connectivity index (χ1v) is 11.5. The number of carbonyl (C=O) groups excluding carboxylic acids is 1. The van der Waals surface area contributed by atoms with E-state index in [4.69, 9.17) is 9.88 Å². The Morgan fingerprint density at radius 3 is 2.23 bits per heavy atom. The second kappa shape index (κ2) is 8.17. The fourth-order valence-corrected chi connectivity index (χ4v) is 4.88. The molecule has 6 nitrogen and oxygen atoms in total. The molecule has 7 heteroatoms. The average molecular weight is 437 g/mol. The number of hydrogen-bond acceptors (Lipinski definition) is 4. The summed E-state index contributed by atoms with van der Waals surface area (Å²) in [6, 6.07) is 21.7. The number of ether oxygens (including phenoxy) is 1. The van der Waals surface area contributed by atoms with Crippen molar-refractivity contribution < 1.29 is 17.9 Å². The summed E-state index contributed by atoms with van der Waals surface area (Å²) in [5, 5.41) is 5.44. The molecule has 0 unspecified atom stereocenters. The highest BCUT2D eigenvalue weighted by Crippen LogP contribution is 2.48. The van der Waals surface area contributed by atoms with E-state index in [1.807, 2.05) is 55.5 Å². The quantitative estimate of drug-likeness (QED) is 0.599. The topological polar surface area (TPSA) is 89.7 Å².